The number of hydroxylamine groups is 1. The molecule has 0 bridgehead atoms. The van der Waals surface area contributed by atoms with E-state index < -0.39 is 148 Å². The van der Waals surface area contributed by atoms with Crippen molar-refractivity contribution in [3.05, 3.63) is 124 Å². The van der Waals surface area contributed by atoms with Crippen molar-refractivity contribution >= 4 is 79.0 Å². The van der Waals surface area contributed by atoms with Crippen LogP contribution in [0.25, 0.3) is 0 Å². The summed E-state index contributed by atoms with van der Waals surface area (Å²) in [5.41, 5.74) is 4.45. The van der Waals surface area contributed by atoms with E-state index in [1.807, 2.05) is 13.8 Å². The maximum atomic E-state index is 15.1. The Kier molecular flexibility index (Phi) is 44.6. The number of amides is 7. The number of aliphatic hydroxyl groups is 6. The molecule has 4 fully saturated rings. The van der Waals surface area contributed by atoms with Crippen molar-refractivity contribution in [3.8, 4) is 28.7 Å². The van der Waals surface area contributed by atoms with E-state index in [0.29, 0.717) is 87.7 Å². The molecule has 8 rings (SSSR count). The summed E-state index contributed by atoms with van der Waals surface area (Å²) < 4.78 is 87.1. The minimum atomic E-state index is -2.31. The van der Waals surface area contributed by atoms with Crippen LogP contribution in [-0.2, 0) is 79.5 Å². The number of unbranched alkanes of at least 4 members (excludes halogenated alkanes) is 3. The van der Waals surface area contributed by atoms with Gasteiger partial charge in [0.1, 0.15) is 92.5 Å². The minimum absolute atomic E-state index is 0.000810. The Hall–Kier alpha value is -10.3. The van der Waals surface area contributed by atoms with Gasteiger partial charge in [-0.1, -0.05) is 71.1 Å². The van der Waals surface area contributed by atoms with E-state index in [1.165, 1.54) is 82.7 Å². The maximum absolute atomic E-state index is 15.1. The zero-order chi connectivity index (χ0) is 101. The fraction of sp³-hybridized carbons (Fsp3) is 0.612. The zero-order valence-electron chi connectivity index (χ0n) is 82.1. The Labute approximate surface area is 807 Å². The molecular formula is C98H143N7O32Si. The number of methoxy groups -OCH3 is 2. The van der Waals surface area contributed by atoms with Crippen LogP contribution in [0.15, 0.2) is 85.0 Å². The van der Waals surface area contributed by atoms with E-state index in [9.17, 15) is 73.8 Å². The van der Waals surface area contributed by atoms with Crippen molar-refractivity contribution in [2.75, 3.05) is 117 Å². The largest absolute Gasteiger partial charge is 0.493 e. The van der Waals surface area contributed by atoms with Gasteiger partial charge in [0.25, 0.3) is 11.8 Å². The molecule has 0 spiro atoms. The number of nitrogens with one attached hydrogen (secondary N) is 5. The van der Waals surface area contributed by atoms with Gasteiger partial charge in [0, 0.05) is 71.0 Å². The molecule has 13 atom stereocenters. The third-order valence-corrected chi connectivity index (χ3v) is 28.4. The van der Waals surface area contributed by atoms with Crippen LogP contribution in [0.1, 0.15) is 217 Å². The maximum Gasteiger partial charge on any atom is 0.431 e. The summed E-state index contributed by atoms with van der Waals surface area (Å²) in [6.07, 6.45) is -11.7. The molecule has 4 aromatic carbocycles. The van der Waals surface area contributed by atoms with Crippen molar-refractivity contribution in [2.45, 2.75) is 283 Å². The molecular weight excluding hydrogens is 1820 g/mol. The summed E-state index contributed by atoms with van der Waals surface area (Å²) in [5.74, 6) is -2.51. The summed E-state index contributed by atoms with van der Waals surface area (Å²) in [6, 6.07) is 13.3. The smallest absolute Gasteiger partial charge is 0.431 e. The molecule has 11 N–H and O–H groups in total. The first-order valence-electron chi connectivity index (χ1n) is 47.0. The van der Waals surface area contributed by atoms with Gasteiger partial charge in [-0.3, -0.25) is 49.0 Å². The highest BCUT2D eigenvalue weighted by Gasteiger charge is 2.47. The normalized spacial score (nSPS) is 20.8. The molecule has 0 unspecified atom stereocenters. The third kappa shape index (κ3) is 34.3. The Morgan fingerprint density at radius 1 is 0.536 bits per heavy atom. The van der Waals surface area contributed by atoms with Crippen molar-refractivity contribution in [1.29, 1.82) is 0 Å². The number of likely N-dealkylation sites (tertiary alicyclic amines) is 2. The number of aryl methyl sites for hydroxylation is 1. The Morgan fingerprint density at radius 3 is 1.61 bits per heavy atom. The molecule has 4 heterocycles. The number of hydrogen-bond donors (Lipinski definition) is 11. The van der Waals surface area contributed by atoms with Gasteiger partial charge in [0.15, 0.2) is 37.2 Å². The highest BCUT2D eigenvalue weighted by molar-refractivity contribution is 6.74. The van der Waals surface area contributed by atoms with Crippen LogP contribution in [-0.4, -0.2) is 300 Å². The van der Waals surface area contributed by atoms with Gasteiger partial charge in [-0.25, -0.2) is 14.4 Å². The number of ether oxygens (including phenoxy) is 14. The second kappa shape index (κ2) is 54.5. The first kappa shape index (κ1) is 113. The van der Waals surface area contributed by atoms with Crippen LogP contribution in [0.5, 0.6) is 28.7 Å². The number of rotatable bonds is 54. The molecule has 4 aliphatic heterocycles. The Morgan fingerprint density at radius 2 is 1.06 bits per heavy atom. The monoisotopic (exact) mass is 1960 g/mol. The highest BCUT2D eigenvalue weighted by atomic mass is 28.4. The second-order valence-corrected chi connectivity index (χ2v) is 42.1. The average Bonchev–Trinajstić information content (AvgIpc) is 1.51. The third-order valence-electron chi connectivity index (χ3n) is 23.9. The van der Waals surface area contributed by atoms with Gasteiger partial charge >= 0.3 is 18.3 Å². The van der Waals surface area contributed by atoms with E-state index in [4.69, 9.17) is 75.6 Å². The summed E-state index contributed by atoms with van der Waals surface area (Å²) >= 11 is 0. The van der Waals surface area contributed by atoms with Crippen LogP contribution in [0, 0.1) is 6.92 Å². The van der Waals surface area contributed by atoms with E-state index >= 15 is 4.79 Å². The van der Waals surface area contributed by atoms with Crippen molar-refractivity contribution in [3.63, 3.8) is 0 Å². The molecule has 766 valence electrons. The zero-order valence-corrected chi connectivity index (χ0v) is 83.1. The number of nitrogens with zero attached hydrogens (tertiary/aromatic N) is 2. The number of carbonyl (C=O) groups excluding carboxylic acids is 10. The second-order valence-electron chi connectivity index (χ2n) is 37.3. The molecule has 0 aliphatic carbocycles. The van der Waals surface area contributed by atoms with E-state index in [-0.39, 0.29) is 196 Å². The van der Waals surface area contributed by atoms with Gasteiger partial charge in [-0.05, 0) is 190 Å². The SMILES string of the molecule is C=C1C[C@@H](CC)N(C(=O)c2cc(OC)c(OCCCCCOc3cc(NC(=O)OCc4ccc(O[C@@H]5O[C@H](C)[C@@H](O)[C@H](O)[C@H]5O)c(C(=O)COCCOCC(=O)NCCCC[C@H](NC(=O)COCCC)C(=O)CCCONC(=O)OC(C)(C)C)c4)c(C(=O)N4CC(=C)C[C@H]4CO[Si](C)(C)C(C)(C)C)cc3C)cc2NC(=O)OCc2ccc(O[C@@H]3O[C@H](C)[C@@H](O)[C@H](O)[C@H]3O)c(C(=O)CCCOC)c2)C1. The van der Waals surface area contributed by atoms with Gasteiger partial charge in [-0.15, -0.1) is 0 Å². The predicted molar refractivity (Wildman–Crippen MR) is 507 cm³/mol. The number of anilines is 2. The number of hydrogen-bond acceptors (Lipinski definition) is 32. The van der Waals surface area contributed by atoms with E-state index in [2.05, 4.69) is 73.8 Å². The van der Waals surface area contributed by atoms with Crippen LogP contribution in [0.2, 0.25) is 18.1 Å². The summed E-state index contributed by atoms with van der Waals surface area (Å²) in [7, 11) is 0.606. The summed E-state index contributed by atoms with van der Waals surface area (Å²) in [5, 5.41) is 74.6. The number of benzene rings is 4. The van der Waals surface area contributed by atoms with Crippen LogP contribution >= 0.6 is 0 Å². The molecule has 7 amide bonds. The van der Waals surface area contributed by atoms with Gasteiger partial charge in [0.05, 0.1) is 105 Å². The summed E-state index contributed by atoms with van der Waals surface area (Å²) in [4.78, 5) is 145. The van der Waals surface area contributed by atoms with Crippen LogP contribution in [0.4, 0.5) is 25.8 Å². The topological polar surface area (TPSA) is 506 Å². The molecule has 4 aromatic rings. The molecule has 0 aromatic heterocycles. The molecule has 40 heteroatoms. The first-order chi connectivity index (χ1) is 65.4. The highest BCUT2D eigenvalue weighted by Crippen LogP contribution is 2.41. The quantitative estimate of drug-likeness (QED) is 0.00488. The van der Waals surface area contributed by atoms with Crippen LogP contribution < -0.4 is 50.4 Å². The molecule has 0 saturated carbocycles. The van der Waals surface area contributed by atoms with Gasteiger partial charge < -0.3 is 122 Å². The predicted octanol–water partition coefficient (Wildman–Crippen LogP) is 10.3. The minimum Gasteiger partial charge on any atom is -0.493 e. The molecule has 4 saturated heterocycles. The average molecular weight is 1960 g/mol. The number of ketones is 3. The fourth-order valence-corrected chi connectivity index (χ4v) is 16.2. The molecule has 0 radical (unpaired) electrons. The molecule has 4 aliphatic rings. The van der Waals surface area contributed by atoms with Gasteiger partial charge in [0.2, 0.25) is 24.4 Å². The number of Topliss-reactive ketones (excluding diaryl/α,β-unsaturated/α-hetero) is 3. The van der Waals surface area contributed by atoms with Crippen molar-refractivity contribution in [2.24, 2.45) is 0 Å². The van der Waals surface area contributed by atoms with E-state index in [1.54, 1.807) is 43.6 Å². The molecule has 138 heavy (non-hydrogen) atoms. The Balaban J connectivity index is 0.911. The van der Waals surface area contributed by atoms with Crippen LogP contribution in [0.3, 0.4) is 0 Å². The number of carbonyl (C=O) groups is 10. The lowest BCUT2D eigenvalue weighted by molar-refractivity contribution is -0.268. The Bertz CT molecular complexity index is 4770. The van der Waals surface area contributed by atoms with Gasteiger partial charge in [-0.2, -0.15) is 5.48 Å². The van der Waals surface area contributed by atoms with Crippen molar-refractivity contribution < 1.29 is 154 Å². The summed E-state index contributed by atoms with van der Waals surface area (Å²) in [6.45, 7) is 32.2. The lowest BCUT2D eigenvalue weighted by atomic mass is 9.99. The number of aliphatic hydroxyl groups excluding tert-OH is 6. The lowest BCUT2D eigenvalue weighted by Crippen LogP contribution is -2.58. The first-order valence-corrected chi connectivity index (χ1v) is 49.9. The lowest BCUT2D eigenvalue weighted by Gasteiger charge is -2.39. The fourth-order valence-electron chi connectivity index (χ4n) is 15.1. The molecule has 39 nitrogen and oxygen atoms in total. The van der Waals surface area contributed by atoms with E-state index in [0.717, 1.165) is 11.1 Å². The van der Waals surface area contributed by atoms with Crippen molar-refractivity contribution in [1.82, 2.24) is 25.9 Å². The standard InChI is InChI=1S/C98H143N7O32Si/c1-18-35-124-57-83(110)100-71(75(107)29-26-39-131-103-96(121)137-97(8,9)10)27-21-22-34-99-82(109)56-126-41-40-125-55-76(108)70-46-64(31-33-78(70)136-93-89(116)87(114)85(112)62(7)134-93)53-130-94(119)101-72-48-79(60(5)44-67(72)90(117)105-51-59(4)43-66(105)54-132-138(16,17)98(11,12)13)127-37-23-20-24-38-128-81-49-73(68(47-80(81)123-15)91(118)104-50-58(3)42-65(104)19-2)102-95(120)129-52-63-30-32-77(69(45-63)74(106)28-25-36-122-14)135-92-88(115)86(113)84(111)61(6)133-92/h30-33,44-49,61-62,65-66,71,84-89,92-93,111-116H,3-4,18-29,34-43,50-57H2,1-2,5-17H3,(H,99,109)(H,100,110)(H,101,119)(H,102,120)(H,103,121)/t61-,62-,65-,66+,71+,84-,85-,86+,87+,88-,89-,92+,93+/m1/s1.